The number of hydrogen-bond acceptors (Lipinski definition) is 4. The van der Waals surface area contributed by atoms with E-state index in [1.807, 2.05) is 0 Å². The van der Waals surface area contributed by atoms with Gasteiger partial charge in [0, 0.05) is 23.8 Å². The molecule has 0 aliphatic heterocycles. The summed E-state index contributed by atoms with van der Waals surface area (Å²) in [5, 5.41) is 9.24. The highest BCUT2D eigenvalue weighted by Gasteiger charge is 2.23. The summed E-state index contributed by atoms with van der Waals surface area (Å²) < 4.78 is 27.0. The summed E-state index contributed by atoms with van der Waals surface area (Å²) in [4.78, 5) is 17.6. The number of carboxylic acid groups (broad SMARTS) is 1. The number of pyridine rings is 1. The zero-order valence-corrected chi connectivity index (χ0v) is 11.6. The van der Waals surface area contributed by atoms with Gasteiger partial charge in [-0.1, -0.05) is 6.92 Å². The summed E-state index contributed by atoms with van der Waals surface area (Å²) in [6.45, 7) is 1.73. The van der Waals surface area contributed by atoms with E-state index in [-0.39, 0.29) is 11.3 Å². The highest BCUT2D eigenvalue weighted by Crippen LogP contribution is 2.21. The topological polar surface area (TPSA) is 112 Å². The Balaban J connectivity index is 2.32. The first-order valence-corrected chi connectivity index (χ1v) is 7.58. The van der Waals surface area contributed by atoms with Crippen molar-refractivity contribution >= 4 is 27.0 Å². The Morgan fingerprint density at radius 1 is 1.55 bits per heavy atom. The average Bonchev–Trinajstić information content (AvgIpc) is 2.81. The van der Waals surface area contributed by atoms with Crippen LogP contribution in [0.4, 0.5) is 0 Å². The van der Waals surface area contributed by atoms with Gasteiger partial charge in [0.1, 0.15) is 10.5 Å². The molecular formula is C12H15N3O4S. The molecule has 0 aliphatic rings. The van der Waals surface area contributed by atoms with E-state index in [1.165, 1.54) is 6.20 Å². The van der Waals surface area contributed by atoms with Gasteiger partial charge in [-0.15, -0.1) is 0 Å². The van der Waals surface area contributed by atoms with Gasteiger partial charge in [-0.05, 0) is 18.6 Å². The fourth-order valence-electron chi connectivity index (χ4n) is 1.92. The first-order valence-electron chi connectivity index (χ1n) is 6.10. The number of rotatable bonds is 6. The molecule has 0 amide bonds. The molecule has 0 radical (unpaired) electrons. The lowest BCUT2D eigenvalue weighted by Gasteiger charge is -2.14. The van der Waals surface area contributed by atoms with Gasteiger partial charge in [-0.25, -0.2) is 18.1 Å². The number of H-pyrrole nitrogens is 1. The van der Waals surface area contributed by atoms with Crippen molar-refractivity contribution in [2.45, 2.75) is 30.7 Å². The number of fused-ring (bicyclic) bond motifs is 1. The minimum Gasteiger partial charge on any atom is -0.481 e. The molecule has 2 aromatic heterocycles. The average molecular weight is 297 g/mol. The molecule has 0 aromatic carbocycles. The Morgan fingerprint density at radius 2 is 2.30 bits per heavy atom. The van der Waals surface area contributed by atoms with E-state index in [9.17, 15) is 13.2 Å². The molecule has 2 rings (SSSR count). The molecule has 2 heterocycles. The van der Waals surface area contributed by atoms with Gasteiger partial charge in [-0.2, -0.15) is 0 Å². The van der Waals surface area contributed by atoms with Crippen LogP contribution in [0.1, 0.15) is 19.8 Å². The number of aromatic amines is 1. The highest BCUT2D eigenvalue weighted by atomic mass is 32.2. The van der Waals surface area contributed by atoms with Crippen LogP contribution < -0.4 is 4.72 Å². The van der Waals surface area contributed by atoms with Crippen LogP contribution in [0.5, 0.6) is 0 Å². The Kier molecular flexibility index (Phi) is 4.05. The van der Waals surface area contributed by atoms with Crippen molar-refractivity contribution < 1.29 is 18.3 Å². The predicted molar refractivity (Wildman–Crippen MR) is 72.7 cm³/mol. The number of hydrogen-bond donors (Lipinski definition) is 3. The maximum Gasteiger partial charge on any atom is 0.304 e. The summed E-state index contributed by atoms with van der Waals surface area (Å²) in [5.74, 6) is -1.04. The maximum absolute atomic E-state index is 12.3. The third-order valence-electron chi connectivity index (χ3n) is 2.94. The van der Waals surface area contributed by atoms with Crippen molar-refractivity contribution in [3.8, 4) is 0 Å². The second kappa shape index (κ2) is 5.59. The van der Waals surface area contributed by atoms with E-state index in [4.69, 9.17) is 5.11 Å². The van der Waals surface area contributed by atoms with E-state index >= 15 is 0 Å². The van der Waals surface area contributed by atoms with Gasteiger partial charge in [0.15, 0.2) is 0 Å². The zero-order chi connectivity index (χ0) is 14.8. The summed E-state index contributed by atoms with van der Waals surface area (Å²) in [5.41, 5.74) is 0.471. The molecule has 0 fully saturated rings. The fourth-order valence-corrected chi connectivity index (χ4v) is 3.40. The lowest BCUT2D eigenvalue weighted by atomic mass is 10.2. The second-order valence-corrected chi connectivity index (χ2v) is 6.06. The number of aliphatic carboxylic acids is 1. The molecule has 0 bridgehead atoms. The molecule has 108 valence electrons. The smallest absolute Gasteiger partial charge is 0.304 e. The van der Waals surface area contributed by atoms with Crippen molar-refractivity contribution in [2.75, 3.05) is 0 Å². The molecule has 0 saturated heterocycles. The molecule has 0 spiro atoms. The van der Waals surface area contributed by atoms with Crippen LogP contribution in [0.2, 0.25) is 0 Å². The van der Waals surface area contributed by atoms with Gasteiger partial charge in [-0.3, -0.25) is 4.79 Å². The zero-order valence-electron chi connectivity index (χ0n) is 10.8. The Bertz CT molecular complexity index is 723. The molecule has 1 atom stereocenters. The maximum atomic E-state index is 12.3. The van der Waals surface area contributed by atoms with E-state index in [2.05, 4.69) is 14.7 Å². The van der Waals surface area contributed by atoms with E-state index in [1.54, 1.807) is 25.3 Å². The number of carbonyl (C=O) groups is 1. The fraction of sp³-hybridized carbons (Fsp3) is 0.333. The van der Waals surface area contributed by atoms with Crippen LogP contribution in [-0.2, 0) is 14.8 Å². The largest absolute Gasteiger partial charge is 0.481 e. The lowest BCUT2D eigenvalue weighted by molar-refractivity contribution is -0.137. The summed E-state index contributed by atoms with van der Waals surface area (Å²) in [7, 11) is -3.79. The van der Waals surface area contributed by atoms with Gasteiger partial charge in [0.05, 0.1) is 6.42 Å². The second-order valence-electron chi connectivity index (χ2n) is 4.38. The number of carboxylic acids is 1. The van der Waals surface area contributed by atoms with E-state index < -0.39 is 22.0 Å². The molecule has 8 heteroatoms. The summed E-state index contributed by atoms with van der Waals surface area (Å²) in [6.07, 6.45) is 3.05. The number of nitrogens with one attached hydrogen (secondary N) is 2. The number of aromatic nitrogens is 2. The van der Waals surface area contributed by atoms with Crippen LogP contribution >= 0.6 is 0 Å². The molecule has 0 saturated carbocycles. The molecular weight excluding hydrogens is 282 g/mol. The highest BCUT2D eigenvalue weighted by molar-refractivity contribution is 7.89. The molecule has 20 heavy (non-hydrogen) atoms. The first-order chi connectivity index (χ1) is 9.44. The van der Waals surface area contributed by atoms with Gasteiger partial charge in [0.25, 0.3) is 0 Å². The van der Waals surface area contributed by atoms with E-state index in [0.29, 0.717) is 17.5 Å². The number of sulfonamides is 1. The van der Waals surface area contributed by atoms with Gasteiger partial charge in [0.2, 0.25) is 10.0 Å². The standard InChI is InChI=1S/C12H15N3O4S/c1-2-8(6-11(16)17)15-20(18,19)10-7-14-12-9(10)4-3-5-13-12/h3-5,7-8,15H,2,6H2,1H3,(H,13,14)(H,16,17). The minimum atomic E-state index is -3.79. The SMILES string of the molecule is CCC(CC(=O)O)NS(=O)(=O)c1c[nH]c2ncccc12. The quantitative estimate of drug-likeness (QED) is 0.739. The Hall–Kier alpha value is -1.93. The molecule has 0 aliphatic carbocycles. The summed E-state index contributed by atoms with van der Waals surface area (Å²) >= 11 is 0. The van der Waals surface area contributed by atoms with Gasteiger partial charge >= 0.3 is 5.97 Å². The van der Waals surface area contributed by atoms with Crippen LogP contribution in [-0.4, -0.2) is 35.5 Å². The van der Waals surface area contributed by atoms with Crippen molar-refractivity contribution in [3.05, 3.63) is 24.5 Å². The van der Waals surface area contributed by atoms with Crippen LogP contribution in [0, 0.1) is 0 Å². The molecule has 2 aromatic rings. The molecule has 3 N–H and O–H groups in total. The van der Waals surface area contributed by atoms with Crippen LogP contribution in [0.3, 0.4) is 0 Å². The van der Waals surface area contributed by atoms with Crippen LogP contribution in [0.15, 0.2) is 29.4 Å². The van der Waals surface area contributed by atoms with Crippen molar-refractivity contribution in [1.82, 2.24) is 14.7 Å². The van der Waals surface area contributed by atoms with Crippen LogP contribution in [0.25, 0.3) is 11.0 Å². The predicted octanol–water partition coefficient (Wildman–Crippen LogP) is 1.09. The Labute approximate surface area is 116 Å². The Morgan fingerprint density at radius 3 is 2.95 bits per heavy atom. The first kappa shape index (κ1) is 14.5. The molecule has 7 nitrogen and oxygen atoms in total. The lowest BCUT2D eigenvalue weighted by Crippen LogP contribution is -2.35. The molecule has 1 unspecified atom stereocenters. The number of nitrogens with zero attached hydrogens (tertiary/aromatic N) is 1. The normalized spacial score (nSPS) is 13.4. The monoisotopic (exact) mass is 297 g/mol. The van der Waals surface area contributed by atoms with Crippen molar-refractivity contribution in [3.63, 3.8) is 0 Å². The summed E-state index contributed by atoms with van der Waals surface area (Å²) in [6, 6.07) is 2.65. The van der Waals surface area contributed by atoms with Crippen molar-refractivity contribution in [1.29, 1.82) is 0 Å². The third kappa shape index (κ3) is 2.97. The minimum absolute atomic E-state index is 0.0736. The third-order valence-corrected chi connectivity index (χ3v) is 4.50. The van der Waals surface area contributed by atoms with E-state index in [0.717, 1.165) is 0 Å². The van der Waals surface area contributed by atoms with Gasteiger partial charge < -0.3 is 10.1 Å². The van der Waals surface area contributed by atoms with Crippen molar-refractivity contribution in [2.24, 2.45) is 0 Å².